The van der Waals surface area contributed by atoms with Gasteiger partial charge in [-0.2, -0.15) is 0 Å². The van der Waals surface area contributed by atoms with Gasteiger partial charge in [-0.25, -0.2) is 4.79 Å². The van der Waals surface area contributed by atoms with E-state index in [-0.39, 0.29) is 11.5 Å². The molecule has 7 atom stereocenters. The largest absolute Gasteiger partial charge is 0.506 e. The van der Waals surface area contributed by atoms with E-state index in [2.05, 4.69) is 13.8 Å². The molecular weight excluding hydrogens is 288 g/mol. The van der Waals surface area contributed by atoms with E-state index in [1.165, 1.54) is 57.8 Å². The molecule has 0 saturated heterocycles. The maximum atomic E-state index is 11.1. The topological polar surface area (TPSA) is 46.5 Å². The van der Waals surface area contributed by atoms with Crippen molar-refractivity contribution in [1.29, 1.82) is 0 Å². The van der Waals surface area contributed by atoms with Gasteiger partial charge in [0.15, 0.2) is 0 Å². The molecule has 3 heteroatoms. The molecule has 0 aromatic carbocycles. The molecule has 0 aromatic heterocycles. The minimum absolute atomic E-state index is 0.0668. The van der Waals surface area contributed by atoms with Crippen molar-refractivity contribution >= 4 is 6.16 Å². The monoisotopic (exact) mass is 320 g/mol. The highest BCUT2D eigenvalue weighted by atomic mass is 16.7. The summed E-state index contributed by atoms with van der Waals surface area (Å²) in [5.74, 6) is 3.33. The van der Waals surface area contributed by atoms with E-state index >= 15 is 0 Å². The van der Waals surface area contributed by atoms with Gasteiger partial charge in [-0.1, -0.05) is 26.7 Å². The number of carbonyl (C=O) groups is 1. The van der Waals surface area contributed by atoms with E-state index in [0.29, 0.717) is 11.3 Å². The average Bonchev–Trinajstić information content (AvgIpc) is 2.83. The number of hydrogen-bond donors (Lipinski definition) is 1. The molecule has 1 N–H and O–H groups in total. The molecule has 4 rings (SSSR count). The van der Waals surface area contributed by atoms with Crippen LogP contribution < -0.4 is 0 Å². The molecule has 0 amide bonds. The zero-order valence-electron chi connectivity index (χ0n) is 14.7. The summed E-state index contributed by atoms with van der Waals surface area (Å²) in [6.45, 7) is 4.92. The zero-order chi connectivity index (χ0) is 16.2. The molecule has 0 aromatic rings. The highest BCUT2D eigenvalue weighted by molar-refractivity contribution is 5.57. The first kappa shape index (κ1) is 15.8. The molecule has 0 bridgehead atoms. The smallest absolute Gasteiger partial charge is 0.450 e. The van der Waals surface area contributed by atoms with E-state index in [9.17, 15) is 4.79 Å². The van der Waals surface area contributed by atoms with Gasteiger partial charge in [0.25, 0.3) is 0 Å². The third kappa shape index (κ3) is 2.25. The summed E-state index contributed by atoms with van der Waals surface area (Å²) >= 11 is 0. The van der Waals surface area contributed by atoms with Crippen molar-refractivity contribution < 1.29 is 14.6 Å². The summed E-state index contributed by atoms with van der Waals surface area (Å²) in [6.07, 6.45) is 12.0. The summed E-state index contributed by atoms with van der Waals surface area (Å²) < 4.78 is 5.31. The molecular formula is C20H32O3. The maximum absolute atomic E-state index is 11.1. The molecule has 3 nitrogen and oxygen atoms in total. The molecule has 0 spiro atoms. The van der Waals surface area contributed by atoms with Crippen molar-refractivity contribution in [1.82, 2.24) is 0 Å². The van der Waals surface area contributed by atoms with Crippen LogP contribution in [0.25, 0.3) is 0 Å². The van der Waals surface area contributed by atoms with Crippen LogP contribution in [0.5, 0.6) is 0 Å². The standard InChI is InChI=1S/C20H32O3/c1-19-11-4-3-5-13(19)6-7-14-15-8-9-17(23-18(21)22)20(15,2)12-10-16(14)19/h13-17H,3-12H2,1-2H3,(H,21,22)/t13?,14-,15-,16-,17+,19-,20-/m0/s1. The molecule has 130 valence electrons. The van der Waals surface area contributed by atoms with Gasteiger partial charge in [-0.05, 0) is 80.5 Å². The predicted molar refractivity (Wildman–Crippen MR) is 89.2 cm³/mol. The molecule has 4 aliphatic rings. The number of rotatable bonds is 1. The lowest BCUT2D eigenvalue weighted by Gasteiger charge is -2.60. The second-order valence-corrected chi connectivity index (χ2v) is 9.40. The van der Waals surface area contributed by atoms with Crippen LogP contribution in [-0.2, 0) is 4.74 Å². The van der Waals surface area contributed by atoms with E-state index in [1.807, 2.05) is 0 Å². The molecule has 4 saturated carbocycles. The van der Waals surface area contributed by atoms with Gasteiger partial charge >= 0.3 is 6.16 Å². The third-order valence-electron chi connectivity index (χ3n) is 8.74. The van der Waals surface area contributed by atoms with Crippen molar-refractivity contribution in [2.24, 2.45) is 34.5 Å². The Kier molecular flexibility index (Phi) is 3.70. The van der Waals surface area contributed by atoms with Crippen molar-refractivity contribution in [3.63, 3.8) is 0 Å². The number of carboxylic acid groups (broad SMARTS) is 1. The van der Waals surface area contributed by atoms with E-state index < -0.39 is 6.16 Å². The Hall–Kier alpha value is -0.730. The van der Waals surface area contributed by atoms with Crippen molar-refractivity contribution in [2.75, 3.05) is 0 Å². The summed E-state index contributed by atoms with van der Waals surface area (Å²) in [4.78, 5) is 11.1. The van der Waals surface area contributed by atoms with Crippen molar-refractivity contribution in [3.8, 4) is 0 Å². The van der Waals surface area contributed by atoms with Crippen LogP contribution in [-0.4, -0.2) is 17.4 Å². The Balaban J connectivity index is 1.59. The second-order valence-electron chi connectivity index (χ2n) is 9.40. The average molecular weight is 320 g/mol. The normalized spacial score (nSPS) is 52.2. The number of ether oxygens (including phenoxy) is 1. The fraction of sp³-hybridized carbons (Fsp3) is 0.950. The number of hydrogen-bond acceptors (Lipinski definition) is 2. The Labute approximate surface area is 140 Å². The summed E-state index contributed by atoms with van der Waals surface area (Å²) in [5, 5.41) is 9.08. The fourth-order valence-electron chi connectivity index (χ4n) is 7.56. The van der Waals surface area contributed by atoms with Gasteiger partial charge in [0, 0.05) is 5.41 Å². The molecule has 0 heterocycles. The van der Waals surface area contributed by atoms with Gasteiger partial charge in [0.1, 0.15) is 6.10 Å². The molecule has 4 aliphatic carbocycles. The Morgan fingerprint density at radius 2 is 1.70 bits per heavy atom. The van der Waals surface area contributed by atoms with Crippen LogP contribution >= 0.6 is 0 Å². The number of fused-ring (bicyclic) bond motifs is 5. The Morgan fingerprint density at radius 1 is 0.913 bits per heavy atom. The zero-order valence-corrected chi connectivity index (χ0v) is 14.7. The highest BCUT2D eigenvalue weighted by Crippen LogP contribution is 2.66. The van der Waals surface area contributed by atoms with Gasteiger partial charge in [0.2, 0.25) is 0 Å². The first-order valence-corrected chi connectivity index (χ1v) is 9.85. The summed E-state index contributed by atoms with van der Waals surface area (Å²) in [5.41, 5.74) is 0.658. The van der Waals surface area contributed by atoms with Gasteiger partial charge < -0.3 is 9.84 Å². The molecule has 4 fully saturated rings. The van der Waals surface area contributed by atoms with Crippen LogP contribution in [0.4, 0.5) is 4.79 Å². The van der Waals surface area contributed by atoms with Crippen LogP contribution in [0, 0.1) is 34.5 Å². The minimum Gasteiger partial charge on any atom is -0.450 e. The van der Waals surface area contributed by atoms with Crippen LogP contribution in [0.2, 0.25) is 0 Å². The molecule has 23 heavy (non-hydrogen) atoms. The third-order valence-corrected chi connectivity index (χ3v) is 8.74. The summed E-state index contributed by atoms with van der Waals surface area (Å²) in [6, 6.07) is 0. The van der Waals surface area contributed by atoms with E-state index in [4.69, 9.17) is 9.84 Å². The van der Waals surface area contributed by atoms with Crippen LogP contribution in [0.3, 0.4) is 0 Å². The Bertz CT molecular complexity index is 489. The SMILES string of the molecule is C[C@]12CC[C@H]3[C@@H](CCC4CCCC[C@@]43C)[C@@H]1CC[C@H]2OC(=O)O. The lowest BCUT2D eigenvalue weighted by molar-refractivity contribution is -0.123. The minimum atomic E-state index is -1.08. The van der Waals surface area contributed by atoms with Crippen molar-refractivity contribution in [2.45, 2.75) is 84.2 Å². The molecule has 1 unspecified atom stereocenters. The molecule has 0 radical (unpaired) electrons. The fourth-order valence-corrected chi connectivity index (χ4v) is 7.56. The van der Waals surface area contributed by atoms with Gasteiger partial charge in [-0.15, -0.1) is 0 Å². The van der Waals surface area contributed by atoms with Gasteiger partial charge in [0.05, 0.1) is 0 Å². The highest BCUT2D eigenvalue weighted by Gasteiger charge is 2.60. The maximum Gasteiger partial charge on any atom is 0.506 e. The predicted octanol–water partition coefficient (Wildman–Crippen LogP) is 5.48. The lowest BCUT2D eigenvalue weighted by Crippen LogP contribution is -2.53. The quantitative estimate of drug-likeness (QED) is 0.650. The lowest BCUT2D eigenvalue weighted by atomic mass is 9.45. The van der Waals surface area contributed by atoms with Crippen LogP contribution in [0.15, 0.2) is 0 Å². The van der Waals surface area contributed by atoms with E-state index in [1.54, 1.807) is 0 Å². The van der Waals surface area contributed by atoms with Crippen LogP contribution in [0.1, 0.15) is 78.1 Å². The Morgan fingerprint density at radius 3 is 2.48 bits per heavy atom. The van der Waals surface area contributed by atoms with Crippen molar-refractivity contribution in [3.05, 3.63) is 0 Å². The van der Waals surface area contributed by atoms with E-state index in [0.717, 1.165) is 24.2 Å². The first-order valence-electron chi connectivity index (χ1n) is 9.85. The van der Waals surface area contributed by atoms with Gasteiger partial charge in [-0.3, -0.25) is 0 Å². The summed E-state index contributed by atoms with van der Waals surface area (Å²) in [7, 11) is 0. The first-order chi connectivity index (χ1) is 10.9. The second kappa shape index (κ2) is 5.39. The molecule has 0 aliphatic heterocycles.